The predicted molar refractivity (Wildman–Crippen MR) is 73.8 cm³/mol. The number of hydrazine groups is 1. The van der Waals surface area contributed by atoms with Gasteiger partial charge in [-0.15, -0.1) is 0 Å². The Morgan fingerprint density at radius 1 is 1.14 bits per heavy atom. The van der Waals surface area contributed by atoms with E-state index in [1.54, 1.807) is 12.1 Å². The van der Waals surface area contributed by atoms with Gasteiger partial charge in [-0.1, -0.05) is 6.07 Å². The molecular weight excluding hydrogens is 274 g/mol. The molecule has 21 heavy (non-hydrogen) atoms. The maximum atomic E-state index is 11.9. The zero-order valence-corrected chi connectivity index (χ0v) is 11.2. The lowest BCUT2D eigenvalue weighted by atomic mass is 10.2. The topological polar surface area (TPSA) is 101 Å². The number of rotatable bonds is 3. The molecule has 0 aliphatic rings. The molecule has 0 bridgehead atoms. The molecule has 108 valence electrons. The van der Waals surface area contributed by atoms with Gasteiger partial charge in [0.2, 0.25) is 0 Å². The van der Waals surface area contributed by atoms with Gasteiger partial charge in [-0.2, -0.15) is 0 Å². The van der Waals surface area contributed by atoms with Crippen molar-refractivity contribution in [2.24, 2.45) is 0 Å². The summed E-state index contributed by atoms with van der Waals surface area (Å²) in [7, 11) is 1.45. The van der Waals surface area contributed by atoms with E-state index in [-0.39, 0.29) is 17.0 Å². The lowest BCUT2D eigenvalue weighted by Gasteiger charge is -2.09. The van der Waals surface area contributed by atoms with Crippen LogP contribution in [0.1, 0.15) is 20.8 Å². The third-order valence-electron chi connectivity index (χ3n) is 2.64. The molecule has 7 nitrogen and oxygen atoms in total. The molecule has 7 heteroatoms. The molecule has 3 N–H and O–H groups in total. The van der Waals surface area contributed by atoms with Crippen LogP contribution in [0.15, 0.2) is 42.6 Å². The number of aromatic hydroxyl groups is 1. The monoisotopic (exact) mass is 287 g/mol. The van der Waals surface area contributed by atoms with E-state index in [1.807, 2.05) is 0 Å². The lowest BCUT2D eigenvalue weighted by Crippen LogP contribution is -2.41. The van der Waals surface area contributed by atoms with Crippen LogP contribution in [0.3, 0.4) is 0 Å². The first-order valence-electron chi connectivity index (χ1n) is 6.00. The van der Waals surface area contributed by atoms with E-state index >= 15 is 0 Å². The molecular formula is C14H13N3O4. The highest BCUT2D eigenvalue weighted by atomic mass is 16.5. The first kappa shape index (κ1) is 14.3. The lowest BCUT2D eigenvalue weighted by molar-refractivity contribution is 0.0842. The quantitative estimate of drug-likeness (QED) is 0.727. The van der Waals surface area contributed by atoms with Gasteiger partial charge in [-0.25, -0.2) is 0 Å². The number of hydrogen-bond acceptors (Lipinski definition) is 5. The fraction of sp³-hybridized carbons (Fsp3) is 0.0714. The van der Waals surface area contributed by atoms with Crippen molar-refractivity contribution in [1.29, 1.82) is 0 Å². The third kappa shape index (κ3) is 3.47. The molecule has 1 heterocycles. The number of carbonyl (C=O) groups excluding carboxylic acids is 2. The van der Waals surface area contributed by atoms with Crippen LogP contribution in [-0.4, -0.2) is 29.0 Å². The predicted octanol–water partition coefficient (Wildman–Crippen LogP) is 0.871. The third-order valence-corrected chi connectivity index (χ3v) is 2.64. The van der Waals surface area contributed by atoms with Crippen molar-refractivity contribution in [1.82, 2.24) is 15.8 Å². The Bertz CT molecular complexity index is 659. The number of methoxy groups -OCH3 is 1. The van der Waals surface area contributed by atoms with E-state index in [2.05, 4.69) is 15.8 Å². The number of phenols is 1. The molecule has 0 radical (unpaired) electrons. The molecule has 0 aliphatic carbocycles. The van der Waals surface area contributed by atoms with E-state index in [9.17, 15) is 14.7 Å². The number of phenolic OH excluding ortho intramolecular Hbond substituents is 1. The van der Waals surface area contributed by atoms with E-state index in [0.717, 1.165) is 0 Å². The second-order valence-electron chi connectivity index (χ2n) is 4.01. The average molecular weight is 287 g/mol. The number of amides is 2. The summed E-state index contributed by atoms with van der Waals surface area (Å²) in [5.41, 5.74) is 4.58. The minimum Gasteiger partial charge on any atom is -0.507 e. The van der Waals surface area contributed by atoms with Crippen molar-refractivity contribution in [3.05, 3.63) is 53.9 Å². The molecule has 2 aromatic rings. The maximum absolute atomic E-state index is 11.9. The number of benzene rings is 1. The van der Waals surface area contributed by atoms with E-state index in [1.165, 1.54) is 37.6 Å². The minimum absolute atomic E-state index is 0.0112. The highest BCUT2D eigenvalue weighted by Gasteiger charge is 2.13. The number of ether oxygens (including phenoxy) is 1. The van der Waals surface area contributed by atoms with Crippen LogP contribution in [-0.2, 0) is 0 Å². The first-order chi connectivity index (χ1) is 10.1. The summed E-state index contributed by atoms with van der Waals surface area (Å²) in [5, 5.41) is 9.71. The molecule has 0 aliphatic heterocycles. The summed E-state index contributed by atoms with van der Waals surface area (Å²) in [6.45, 7) is 0. The molecule has 0 unspecified atom stereocenters. The smallest absolute Gasteiger partial charge is 0.288 e. The summed E-state index contributed by atoms with van der Waals surface area (Å²) in [6.07, 6.45) is 1.46. The van der Waals surface area contributed by atoms with Crippen LogP contribution in [0, 0.1) is 0 Å². The van der Waals surface area contributed by atoms with Gasteiger partial charge >= 0.3 is 0 Å². The van der Waals surface area contributed by atoms with Gasteiger partial charge in [0.05, 0.1) is 12.7 Å². The normalized spacial score (nSPS) is 9.76. The van der Waals surface area contributed by atoms with Crippen molar-refractivity contribution in [3.8, 4) is 11.5 Å². The molecule has 0 spiro atoms. The summed E-state index contributed by atoms with van der Waals surface area (Å²) < 4.78 is 4.92. The minimum atomic E-state index is -0.653. The summed E-state index contributed by atoms with van der Waals surface area (Å²) in [6, 6.07) is 9.04. The summed E-state index contributed by atoms with van der Waals surface area (Å²) in [4.78, 5) is 27.4. The van der Waals surface area contributed by atoms with Gasteiger partial charge < -0.3 is 9.84 Å². The molecule has 2 amide bonds. The Labute approximate surface area is 120 Å². The van der Waals surface area contributed by atoms with Crippen LogP contribution in [0.4, 0.5) is 0 Å². The highest BCUT2D eigenvalue weighted by Crippen LogP contribution is 2.22. The standard InChI is InChI=1S/C14H13N3O4/c1-21-9-5-6-10(12(18)8-9)13(19)16-17-14(20)11-4-2-3-7-15-11/h2-8,18H,1H3,(H,16,19)(H,17,20). The maximum Gasteiger partial charge on any atom is 0.288 e. The van der Waals surface area contributed by atoms with Crippen molar-refractivity contribution in [3.63, 3.8) is 0 Å². The highest BCUT2D eigenvalue weighted by molar-refractivity contribution is 5.99. The second-order valence-corrected chi connectivity index (χ2v) is 4.01. The van der Waals surface area contributed by atoms with Crippen LogP contribution in [0.2, 0.25) is 0 Å². The van der Waals surface area contributed by atoms with Crippen LogP contribution < -0.4 is 15.6 Å². The number of hydrogen-bond donors (Lipinski definition) is 3. The molecule has 0 saturated carbocycles. The van der Waals surface area contributed by atoms with E-state index in [4.69, 9.17) is 4.74 Å². The van der Waals surface area contributed by atoms with Crippen LogP contribution in [0.25, 0.3) is 0 Å². The zero-order chi connectivity index (χ0) is 15.2. The second kappa shape index (κ2) is 6.38. The van der Waals surface area contributed by atoms with E-state index in [0.29, 0.717) is 5.75 Å². The largest absolute Gasteiger partial charge is 0.507 e. The SMILES string of the molecule is COc1ccc(C(=O)NNC(=O)c2ccccn2)c(O)c1. The summed E-state index contributed by atoms with van der Waals surface area (Å²) in [5.74, 6) is -1.04. The van der Waals surface area contributed by atoms with E-state index < -0.39 is 11.8 Å². The molecule has 0 atom stereocenters. The molecule has 0 fully saturated rings. The van der Waals surface area contributed by atoms with Gasteiger partial charge in [-0.05, 0) is 24.3 Å². The Morgan fingerprint density at radius 3 is 2.52 bits per heavy atom. The van der Waals surface area contributed by atoms with Gasteiger partial charge in [0.25, 0.3) is 11.8 Å². The zero-order valence-electron chi connectivity index (χ0n) is 11.2. The fourth-order valence-electron chi connectivity index (χ4n) is 1.57. The van der Waals surface area contributed by atoms with Gasteiger partial charge in [0.15, 0.2) is 0 Å². The first-order valence-corrected chi connectivity index (χ1v) is 6.00. The number of pyridine rings is 1. The summed E-state index contributed by atoms with van der Waals surface area (Å²) >= 11 is 0. The van der Waals surface area contributed by atoms with Crippen LogP contribution in [0.5, 0.6) is 11.5 Å². The van der Waals surface area contributed by atoms with Gasteiger partial charge in [0, 0.05) is 12.3 Å². The average Bonchev–Trinajstić information content (AvgIpc) is 2.52. The Morgan fingerprint density at radius 2 is 1.90 bits per heavy atom. The molecule has 2 rings (SSSR count). The molecule has 1 aromatic heterocycles. The number of nitrogens with zero attached hydrogens (tertiary/aromatic N) is 1. The van der Waals surface area contributed by atoms with Crippen molar-refractivity contribution in [2.45, 2.75) is 0 Å². The van der Waals surface area contributed by atoms with Crippen LogP contribution >= 0.6 is 0 Å². The number of aromatic nitrogens is 1. The Hall–Kier alpha value is -3.09. The Kier molecular flexibility index (Phi) is 4.35. The number of carbonyl (C=O) groups is 2. The Balaban J connectivity index is 2.01. The molecule has 0 saturated heterocycles. The van der Waals surface area contributed by atoms with Gasteiger partial charge in [0.1, 0.15) is 17.2 Å². The van der Waals surface area contributed by atoms with Crippen molar-refractivity contribution < 1.29 is 19.4 Å². The van der Waals surface area contributed by atoms with Crippen molar-refractivity contribution in [2.75, 3.05) is 7.11 Å². The van der Waals surface area contributed by atoms with Gasteiger partial charge in [-0.3, -0.25) is 25.4 Å². The fourth-order valence-corrected chi connectivity index (χ4v) is 1.57. The van der Waals surface area contributed by atoms with Crippen molar-refractivity contribution >= 4 is 11.8 Å². The molecule has 1 aromatic carbocycles. The number of nitrogens with one attached hydrogen (secondary N) is 2.